The van der Waals surface area contributed by atoms with E-state index in [4.69, 9.17) is 17.3 Å². The normalized spacial score (nSPS) is 29.5. The molecule has 16 heavy (non-hydrogen) atoms. The molecule has 0 aromatic heterocycles. The van der Waals surface area contributed by atoms with Gasteiger partial charge in [-0.3, -0.25) is 0 Å². The third kappa shape index (κ3) is 3.04. The van der Waals surface area contributed by atoms with Crippen LogP contribution < -0.4 is 5.32 Å². The van der Waals surface area contributed by atoms with Crippen molar-refractivity contribution in [3.05, 3.63) is 0 Å². The third-order valence-corrected chi connectivity index (χ3v) is 3.21. The quantitative estimate of drug-likeness (QED) is 0.380. The van der Waals surface area contributed by atoms with Crippen LogP contribution in [0.25, 0.3) is 0 Å². The standard InChI is InChI=1S/C10H20N2O3S/c1-2-3-4-11-10(16)12-5-8(14)9(15)7(12)6-13/h7-9,13-15H,2-6H2,1H3,(H,11,16)/t7-,8-,9-/m0/s1. The van der Waals surface area contributed by atoms with Crippen molar-refractivity contribution in [2.24, 2.45) is 0 Å². The summed E-state index contributed by atoms with van der Waals surface area (Å²) in [6.45, 7) is 2.92. The van der Waals surface area contributed by atoms with Crippen LogP contribution in [0.1, 0.15) is 19.8 Å². The van der Waals surface area contributed by atoms with Crippen molar-refractivity contribution in [2.75, 3.05) is 19.7 Å². The fourth-order valence-electron chi connectivity index (χ4n) is 1.80. The molecule has 0 amide bonds. The summed E-state index contributed by atoms with van der Waals surface area (Å²) in [5, 5.41) is 31.8. The van der Waals surface area contributed by atoms with E-state index in [0.717, 1.165) is 19.4 Å². The molecule has 0 radical (unpaired) electrons. The molecule has 0 aromatic carbocycles. The summed E-state index contributed by atoms with van der Waals surface area (Å²) in [6, 6.07) is -0.503. The van der Waals surface area contributed by atoms with Gasteiger partial charge in [-0.05, 0) is 18.6 Å². The molecule has 4 N–H and O–H groups in total. The molecular weight excluding hydrogens is 228 g/mol. The highest BCUT2D eigenvalue weighted by Crippen LogP contribution is 2.18. The van der Waals surface area contributed by atoms with Crippen molar-refractivity contribution in [3.63, 3.8) is 0 Å². The van der Waals surface area contributed by atoms with Crippen LogP contribution in [0.3, 0.4) is 0 Å². The van der Waals surface area contributed by atoms with Gasteiger partial charge in [-0.1, -0.05) is 13.3 Å². The second-order valence-corrected chi connectivity index (χ2v) is 4.43. The van der Waals surface area contributed by atoms with Crippen LogP contribution in [0, 0.1) is 0 Å². The van der Waals surface area contributed by atoms with Gasteiger partial charge in [0.15, 0.2) is 5.11 Å². The molecule has 5 nitrogen and oxygen atoms in total. The first-order valence-electron chi connectivity index (χ1n) is 5.63. The minimum atomic E-state index is -0.934. The van der Waals surface area contributed by atoms with Crippen molar-refractivity contribution in [3.8, 4) is 0 Å². The zero-order valence-electron chi connectivity index (χ0n) is 9.46. The second-order valence-electron chi connectivity index (χ2n) is 4.05. The molecule has 0 unspecified atom stereocenters. The summed E-state index contributed by atoms with van der Waals surface area (Å²) in [6.07, 6.45) is 0.312. The van der Waals surface area contributed by atoms with Gasteiger partial charge >= 0.3 is 0 Å². The number of likely N-dealkylation sites (tertiary alicyclic amines) is 1. The smallest absolute Gasteiger partial charge is 0.169 e. The van der Waals surface area contributed by atoms with Gasteiger partial charge in [0.05, 0.1) is 18.8 Å². The summed E-state index contributed by atoms with van der Waals surface area (Å²) in [4.78, 5) is 1.65. The first-order chi connectivity index (χ1) is 7.61. The van der Waals surface area contributed by atoms with Gasteiger partial charge in [-0.2, -0.15) is 0 Å². The van der Waals surface area contributed by atoms with Crippen LogP contribution in [0.4, 0.5) is 0 Å². The molecule has 0 aliphatic carbocycles. The lowest BCUT2D eigenvalue weighted by molar-refractivity contribution is 0.0259. The lowest BCUT2D eigenvalue weighted by atomic mass is 10.1. The van der Waals surface area contributed by atoms with Crippen LogP contribution in [0.15, 0.2) is 0 Å². The lowest BCUT2D eigenvalue weighted by Gasteiger charge is -2.26. The first kappa shape index (κ1) is 13.6. The molecule has 0 aromatic rings. The largest absolute Gasteiger partial charge is 0.394 e. The Kier molecular flexibility index (Phi) is 5.40. The predicted octanol–water partition coefficient (Wildman–Crippen LogP) is -0.941. The molecule has 1 heterocycles. The molecule has 1 saturated heterocycles. The number of hydrogen-bond acceptors (Lipinski definition) is 4. The Bertz CT molecular complexity index is 240. The van der Waals surface area contributed by atoms with E-state index in [-0.39, 0.29) is 13.2 Å². The summed E-state index contributed by atoms with van der Waals surface area (Å²) in [5.41, 5.74) is 0. The van der Waals surface area contributed by atoms with E-state index in [9.17, 15) is 10.2 Å². The van der Waals surface area contributed by atoms with Gasteiger partial charge in [-0.25, -0.2) is 0 Å². The van der Waals surface area contributed by atoms with E-state index in [1.54, 1.807) is 4.90 Å². The van der Waals surface area contributed by atoms with Gasteiger partial charge in [0.1, 0.15) is 6.10 Å². The topological polar surface area (TPSA) is 76.0 Å². The summed E-state index contributed by atoms with van der Waals surface area (Å²) in [5.74, 6) is 0. The highest BCUT2D eigenvalue weighted by molar-refractivity contribution is 7.80. The number of aliphatic hydroxyl groups is 3. The van der Waals surface area contributed by atoms with E-state index in [2.05, 4.69) is 12.2 Å². The number of thiocarbonyl (C=S) groups is 1. The molecule has 6 heteroatoms. The number of hydrogen-bond donors (Lipinski definition) is 4. The number of β-amino-alcohol motifs (C(OH)–C–C–N with tert-alkyl or cyclic N) is 1. The number of rotatable bonds is 4. The molecular formula is C10H20N2O3S. The lowest BCUT2D eigenvalue weighted by Crippen LogP contribution is -2.47. The van der Waals surface area contributed by atoms with Gasteiger partial charge < -0.3 is 25.5 Å². The number of nitrogens with one attached hydrogen (secondary N) is 1. The van der Waals surface area contributed by atoms with Crippen LogP contribution in [0.5, 0.6) is 0 Å². The second kappa shape index (κ2) is 6.34. The zero-order chi connectivity index (χ0) is 12.1. The van der Waals surface area contributed by atoms with Crippen LogP contribution in [-0.4, -0.2) is 63.3 Å². The van der Waals surface area contributed by atoms with Crippen LogP contribution >= 0.6 is 12.2 Å². The van der Waals surface area contributed by atoms with E-state index in [0.29, 0.717) is 5.11 Å². The summed E-state index contributed by atoms with van der Waals surface area (Å²) >= 11 is 5.16. The molecule has 1 aliphatic heterocycles. The Hall–Kier alpha value is -0.430. The van der Waals surface area contributed by atoms with Gasteiger partial charge in [0.2, 0.25) is 0 Å². The Morgan fingerprint density at radius 3 is 2.75 bits per heavy atom. The van der Waals surface area contributed by atoms with Crippen molar-refractivity contribution < 1.29 is 15.3 Å². The van der Waals surface area contributed by atoms with Crippen LogP contribution in [-0.2, 0) is 0 Å². The molecule has 0 spiro atoms. The Balaban J connectivity index is 2.48. The maximum Gasteiger partial charge on any atom is 0.169 e. The van der Waals surface area contributed by atoms with Crippen molar-refractivity contribution in [1.29, 1.82) is 0 Å². The van der Waals surface area contributed by atoms with E-state index < -0.39 is 18.2 Å². The van der Waals surface area contributed by atoms with Gasteiger partial charge in [0, 0.05) is 13.1 Å². The fourth-order valence-corrected chi connectivity index (χ4v) is 2.11. The molecule has 94 valence electrons. The number of unbranched alkanes of at least 4 members (excludes halogenated alkanes) is 1. The maximum atomic E-state index is 9.61. The zero-order valence-corrected chi connectivity index (χ0v) is 10.3. The third-order valence-electron chi connectivity index (χ3n) is 2.83. The summed E-state index contributed by atoms with van der Waals surface area (Å²) in [7, 11) is 0. The molecule has 0 saturated carbocycles. The predicted molar refractivity (Wildman–Crippen MR) is 65.1 cm³/mol. The highest BCUT2D eigenvalue weighted by Gasteiger charge is 2.40. The minimum Gasteiger partial charge on any atom is -0.394 e. The average molecular weight is 248 g/mol. The fraction of sp³-hybridized carbons (Fsp3) is 0.900. The summed E-state index contributed by atoms with van der Waals surface area (Å²) < 4.78 is 0. The van der Waals surface area contributed by atoms with E-state index in [1.807, 2.05) is 0 Å². The average Bonchev–Trinajstić information content (AvgIpc) is 2.55. The molecule has 1 rings (SSSR count). The molecule has 1 aliphatic rings. The highest BCUT2D eigenvalue weighted by atomic mass is 32.1. The van der Waals surface area contributed by atoms with Crippen molar-refractivity contribution in [1.82, 2.24) is 10.2 Å². The number of nitrogens with zero attached hydrogens (tertiary/aromatic N) is 1. The number of aliphatic hydroxyl groups excluding tert-OH is 3. The van der Waals surface area contributed by atoms with Crippen molar-refractivity contribution in [2.45, 2.75) is 38.0 Å². The Labute approximate surface area is 101 Å². The monoisotopic (exact) mass is 248 g/mol. The van der Waals surface area contributed by atoms with Crippen LogP contribution in [0.2, 0.25) is 0 Å². The Morgan fingerprint density at radius 1 is 1.50 bits per heavy atom. The molecule has 1 fully saturated rings. The van der Waals surface area contributed by atoms with Gasteiger partial charge in [0.25, 0.3) is 0 Å². The van der Waals surface area contributed by atoms with Gasteiger partial charge in [-0.15, -0.1) is 0 Å². The maximum absolute atomic E-state index is 9.61. The van der Waals surface area contributed by atoms with E-state index in [1.165, 1.54) is 0 Å². The molecule has 0 bridgehead atoms. The van der Waals surface area contributed by atoms with E-state index >= 15 is 0 Å². The minimum absolute atomic E-state index is 0.214. The molecule has 3 atom stereocenters. The first-order valence-corrected chi connectivity index (χ1v) is 6.04. The van der Waals surface area contributed by atoms with Crippen molar-refractivity contribution >= 4 is 17.3 Å². The SMILES string of the molecule is CCCCNC(=S)N1C[C@H](O)[C@@H](O)[C@@H]1CO. The Morgan fingerprint density at radius 2 is 2.19 bits per heavy atom.